The lowest BCUT2D eigenvalue weighted by Gasteiger charge is -2.09. The van der Waals surface area contributed by atoms with Gasteiger partial charge in [0, 0.05) is 12.6 Å². The van der Waals surface area contributed by atoms with Crippen LogP contribution in [0.5, 0.6) is 5.75 Å². The van der Waals surface area contributed by atoms with E-state index < -0.39 is 0 Å². The Morgan fingerprint density at radius 3 is 2.69 bits per heavy atom. The van der Waals surface area contributed by atoms with Gasteiger partial charge in [0.25, 0.3) is 0 Å². The van der Waals surface area contributed by atoms with Gasteiger partial charge in [-0.2, -0.15) is 0 Å². The molecule has 2 nitrogen and oxygen atoms in total. The molecule has 0 saturated heterocycles. The molecule has 2 atom stereocenters. The largest absolute Gasteiger partial charge is 0.497 e. The zero-order chi connectivity index (χ0) is 11.7. The summed E-state index contributed by atoms with van der Waals surface area (Å²) in [5.74, 6) is 2.22. The van der Waals surface area contributed by atoms with E-state index >= 15 is 0 Å². The SMILES string of the molecule is CN=C(Cl)c1cc(OC)ccc1C1CC1C. The van der Waals surface area contributed by atoms with Crippen molar-refractivity contribution in [2.24, 2.45) is 10.9 Å². The van der Waals surface area contributed by atoms with Crippen molar-refractivity contribution >= 4 is 16.8 Å². The molecule has 0 bridgehead atoms. The lowest BCUT2D eigenvalue weighted by Crippen LogP contribution is -1.99. The summed E-state index contributed by atoms with van der Waals surface area (Å²) in [5.41, 5.74) is 2.31. The zero-order valence-electron chi connectivity index (χ0n) is 9.83. The van der Waals surface area contributed by atoms with Crippen molar-refractivity contribution in [1.82, 2.24) is 0 Å². The standard InChI is InChI=1S/C13H16ClNO/c1-8-6-11(8)10-5-4-9(16-3)7-12(10)13(14)15-2/h4-5,7-8,11H,6H2,1-3H3. The fraction of sp³-hybridized carbons (Fsp3) is 0.462. The first-order valence-corrected chi connectivity index (χ1v) is 5.85. The van der Waals surface area contributed by atoms with Gasteiger partial charge in [-0.1, -0.05) is 24.6 Å². The van der Waals surface area contributed by atoms with E-state index in [0.29, 0.717) is 11.1 Å². The van der Waals surface area contributed by atoms with E-state index in [1.807, 2.05) is 12.1 Å². The first-order chi connectivity index (χ1) is 7.67. The second-order valence-electron chi connectivity index (χ2n) is 4.29. The topological polar surface area (TPSA) is 21.6 Å². The van der Waals surface area contributed by atoms with Crippen molar-refractivity contribution in [3.8, 4) is 5.75 Å². The third-order valence-electron chi connectivity index (χ3n) is 3.19. The predicted molar refractivity (Wildman–Crippen MR) is 67.8 cm³/mol. The second-order valence-corrected chi connectivity index (χ2v) is 4.65. The Balaban J connectivity index is 2.43. The van der Waals surface area contributed by atoms with Crippen LogP contribution in [-0.4, -0.2) is 19.3 Å². The Labute approximate surface area is 101 Å². The third-order valence-corrected chi connectivity index (χ3v) is 3.56. The molecule has 0 radical (unpaired) electrons. The number of nitrogens with zero attached hydrogens (tertiary/aromatic N) is 1. The summed E-state index contributed by atoms with van der Waals surface area (Å²) in [6, 6.07) is 6.06. The van der Waals surface area contributed by atoms with Crippen LogP contribution in [0.1, 0.15) is 30.4 Å². The molecule has 1 aliphatic carbocycles. The van der Waals surface area contributed by atoms with E-state index in [9.17, 15) is 0 Å². The summed E-state index contributed by atoms with van der Waals surface area (Å²) in [4.78, 5) is 4.06. The number of hydrogen-bond donors (Lipinski definition) is 0. The smallest absolute Gasteiger partial charge is 0.131 e. The molecule has 1 saturated carbocycles. The van der Waals surface area contributed by atoms with Gasteiger partial charge in [0.2, 0.25) is 0 Å². The van der Waals surface area contributed by atoms with Gasteiger partial charge in [0.05, 0.1) is 7.11 Å². The average Bonchev–Trinajstić information content (AvgIpc) is 3.04. The number of methoxy groups -OCH3 is 1. The Bertz CT molecular complexity index is 428. The van der Waals surface area contributed by atoms with Gasteiger partial charge < -0.3 is 4.74 Å². The van der Waals surface area contributed by atoms with Gasteiger partial charge in [-0.05, 0) is 36.0 Å². The van der Waals surface area contributed by atoms with E-state index in [0.717, 1.165) is 17.2 Å². The first-order valence-electron chi connectivity index (χ1n) is 5.48. The highest BCUT2D eigenvalue weighted by molar-refractivity contribution is 6.69. The Morgan fingerprint density at radius 2 is 2.19 bits per heavy atom. The van der Waals surface area contributed by atoms with Crippen molar-refractivity contribution < 1.29 is 4.74 Å². The first kappa shape index (κ1) is 11.5. The minimum absolute atomic E-state index is 0.563. The van der Waals surface area contributed by atoms with Crippen LogP contribution in [0.4, 0.5) is 0 Å². The van der Waals surface area contributed by atoms with Crippen molar-refractivity contribution in [2.45, 2.75) is 19.3 Å². The predicted octanol–water partition coefficient (Wildman–Crippen LogP) is 3.43. The molecule has 1 aromatic carbocycles. The number of aliphatic imine (C=N–C) groups is 1. The van der Waals surface area contributed by atoms with E-state index in [-0.39, 0.29) is 0 Å². The van der Waals surface area contributed by atoms with Crippen molar-refractivity contribution in [1.29, 1.82) is 0 Å². The number of ether oxygens (including phenoxy) is 1. The monoisotopic (exact) mass is 237 g/mol. The van der Waals surface area contributed by atoms with Crippen LogP contribution in [0.3, 0.4) is 0 Å². The van der Waals surface area contributed by atoms with Crippen LogP contribution in [0.25, 0.3) is 0 Å². The Kier molecular flexibility index (Phi) is 3.20. The van der Waals surface area contributed by atoms with Gasteiger partial charge in [-0.3, -0.25) is 4.99 Å². The molecule has 0 spiro atoms. The molecular weight excluding hydrogens is 222 g/mol. The van der Waals surface area contributed by atoms with Crippen LogP contribution in [0, 0.1) is 5.92 Å². The Morgan fingerprint density at radius 1 is 1.50 bits per heavy atom. The summed E-state index contributed by atoms with van der Waals surface area (Å²) >= 11 is 6.14. The van der Waals surface area contributed by atoms with Crippen molar-refractivity contribution in [2.75, 3.05) is 14.2 Å². The molecular formula is C13H16ClNO. The maximum Gasteiger partial charge on any atom is 0.131 e. The number of rotatable bonds is 3. The molecule has 2 unspecified atom stereocenters. The summed E-state index contributed by atoms with van der Waals surface area (Å²) in [6.45, 7) is 2.26. The molecule has 1 fully saturated rings. The summed E-state index contributed by atoms with van der Waals surface area (Å²) in [5, 5.41) is 0.563. The van der Waals surface area contributed by atoms with Crippen LogP contribution in [0.2, 0.25) is 0 Å². The zero-order valence-corrected chi connectivity index (χ0v) is 10.6. The van der Waals surface area contributed by atoms with E-state index in [4.69, 9.17) is 16.3 Å². The fourth-order valence-corrected chi connectivity index (χ4v) is 2.20. The summed E-state index contributed by atoms with van der Waals surface area (Å²) in [6.07, 6.45) is 1.24. The maximum atomic E-state index is 6.14. The van der Waals surface area contributed by atoms with Crippen LogP contribution >= 0.6 is 11.6 Å². The highest BCUT2D eigenvalue weighted by Crippen LogP contribution is 2.48. The summed E-state index contributed by atoms with van der Waals surface area (Å²) < 4.78 is 5.22. The maximum absolute atomic E-state index is 6.14. The van der Waals surface area contributed by atoms with E-state index in [2.05, 4.69) is 18.0 Å². The van der Waals surface area contributed by atoms with Gasteiger partial charge in [0.15, 0.2) is 0 Å². The minimum atomic E-state index is 0.563. The quantitative estimate of drug-likeness (QED) is 0.738. The highest BCUT2D eigenvalue weighted by Gasteiger charge is 2.36. The van der Waals surface area contributed by atoms with E-state index in [1.54, 1.807) is 14.2 Å². The summed E-state index contributed by atoms with van der Waals surface area (Å²) in [7, 11) is 3.37. The van der Waals surface area contributed by atoms with Gasteiger partial charge >= 0.3 is 0 Å². The van der Waals surface area contributed by atoms with Crippen LogP contribution in [0.15, 0.2) is 23.2 Å². The number of hydrogen-bond acceptors (Lipinski definition) is 2. The lowest BCUT2D eigenvalue weighted by molar-refractivity contribution is 0.414. The van der Waals surface area contributed by atoms with Crippen molar-refractivity contribution in [3.05, 3.63) is 29.3 Å². The van der Waals surface area contributed by atoms with Gasteiger partial charge in [-0.15, -0.1) is 0 Å². The molecule has 16 heavy (non-hydrogen) atoms. The Hall–Kier alpha value is -1.02. The molecule has 86 valence electrons. The highest BCUT2D eigenvalue weighted by atomic mass is 35.5. The molecule has 1 aromatic rings. The van der Waals surface area contributed by atoms with Gasteiger partial charge in [-0.25, -0.2) is 0 Å². The average molecular weight is 238 g/mol. The molecule has 0 amide bonds. The van der Waals surface area contributed by atoms with Crippen LogP contribution < -0.4 is 4.74 Å². The van der Waals surface area contributed by atoms with Crippen LogP contribution in [-0.2, 0) is 0 Å². The second kappa shape index (κ2) is 4.46. The third kappa shape index (κ3) is 2.07. The molecule has 3 heteroatoms. The molecule has 0 heterocycles. The van der Waals surface area contributed by atoms with E-state index in [1.165, 1.54) is 12.0 Å². The van der Waals surface area contributed by atoms with Gasteiger partial charge in [0.1, 0.15) is 10.9 Å². The molecule has 1 aliphatic rings. The number of benzene rings is 1. The molecule has 0 aliphatic heterocycles. The minimum Gasteiger partial charge on any atom is -0.497 e. The fourth-order valence-electron chi connectivity index (χ4n) is 2.04. The lowest BCUT2D eigenvalue weighted by atomic mass is 10.0. The molecule has 0 N–H and O–H groups in total. The number of halogens is 1. The van der Waals surface area contributed by atoms with Crippen molar-refractivity contribution in [3.63, 3.8) is 0 Å². The normalized spacial score (nSPS) is 24.4. The molecule has 2 rings (SSSR count). The molecule has 0 aromatic heterocycles.